The molecule has 1 aromatic rings. The molecule has 0 aliphatic heterocycles. The van der Waals surface area contributed by atoms with Gasteiger partial charge in [0.15, 0.2) is 5.82 Å². The average molecular weight is 257 g/mol. The van der Waals surface area contributed by atoms with Crippen LogP contribution < -0.4 is 11.1 Å². The summed E-state index contributed by atoms with van der Waals surface area (Å²) >= 11 is 5.81. The summed E-state index contributed by atoms with van der Waals surface area (Å²) in [5, 5.41) is 12.6. The number of nitrogens with one attached hydrogen (secondary N) is 1. The van der Waals surface area contributed by atoms with E-state index in [4.69, 9.17) is 22.4 Å². The van der Waals surface area contributed by atoms with E-state index in [2.05, 4.69) is 15.3 Å². The molecule has 1 aliphatic rings. The van der Waals surface area contributed by atoms with Crippen LogP contribution in [0.1, 0.15) is 25.0 Å². The van der Waals surface area contributed by atoms with Crippen LogP contribution in [0.3, 0.4) is 0 Å². The molecule has 2 atom stereocenters. The summed E-state index contributed by atoms with van der Waals surface area (Å²) in [7, 11) is 0. The molecule has 17 heavy (non-hydrogen) atoms. The molecule has 0 spiro atoms. The zero-order valence-corrected chi connectivity index (χ0v) is 10.5. The summed E-state index contributed by atoms with van der Waals surface area (Å²) < 4.78 is 0. The Hall–Kier alpha value is -1.07. The predicted molar refractivity (Wildman–Crippen MR) is 68.0 cm³/mol. The van der Waals surface area contributed by atoms with Crippen molar-refractivity contribution in [2.24, 2.45) is 5.92 Å². The predicted octanol–water partition coefficient (Wildman–Crippen LogP) is 1.59. The minimum Gasteiger partial charge on any atom is -0.396 e. The van der Waals surface area contributed by atoms with Gasteiger partial charge in [0.05, 0.1) is 11.4 Å². The summed E-state index contributed by atoms with van der Waals surface area (Å²) in [4.78, 5) is 8.09. The van der Waals surface area contributed by atoms with Crippen molar-refractivity contribution in [3.63, 3.8) is 0 Å². The molecule has 1 aliphatic carbocycles. The van der Waals surface area contributed by atoms with Gasteiger partial charge >= 0.3 is 0 Å². The van der Waals surface area contributed by atoms with E-state index in [1.807, 2.05) is 0 Å². The Bertz CT molecular complexity index is 413. The maximum absolute atomic E-state index is 9.09. The van der Waals surface area contributed by atoms with Gasteiger partial charge in [0.25, 0.3) is 0 Å². The lowest BCUT2D eigenvalue weighted by Crippen LogP contribution is -2.19. The number of anilines is 2. The van der Waals surface area contributed by atoms with Crippen LogP contribution in [0.4, 0.5) is 11.5 Å². The van der Waals surface area contributed by atoms with Crippen molar-refractivity contribution in [1.29, 1.82) is 0 Å². The third-order valence-corrected chi connectivity index (χ3v) is 3.42. The number of hydrogen-bond donors (Lipinski definition) is 3. The minimum atomic E-state index is 0.205. The molecule has 2 rings (SSSR count). The fourth-order valence-corrected chi connectivity index (χ4v) is 2.43. The first-order valence-electron chi connectivity index (χ1n) is 5.77. The van der Waals surface area contributed by atoms with Gasteiger partial charge in [-0.15, -0.1) is 0 Å². The monoisotopic (exact) mass is 256 g/mol. The van der Waals surface area contributed by atoms with Crippen molar-refractivity contribution in [3.8, 4) is 0 Å². The molecule has 2 unspecified atom stereocenters. The van der Waals surface area contributed by atoms with Crippen LogP contribution in [0.2, 0.25) is 5.28 Å². The molecule has 0 saturated heterocycles. The van der Waals surface area contributed by atoms with Gasteiger partial charge in [-0.1, -0.05) is 0 Å². The van der Waals surface area contributed by atoms with Crippen molar-refractivity contribution in [2.75, 3.05) is 17.7 Å². The number of rotatable bonds is 3. The van der Waals surface area contributed by atoms with Crippen LogP contribution >= 0.6 is 11.6 Å². The molecule has 5 nitrogen and oxygen atoms in total. The molecular weight excluding hydrogens is 240 g/mol. The smallest absolute Gasteiger partial charge is 0.224 e. The molecule has 1 aromatic heterocycles. The SMILES string of the molecule is Cc1nc(Cl)nc(NC2CCC(CO)C2)c1N. The Kier molecular flexibility index (Phi) is 3.69. The summed E-state index contributed by atoms with van der Waals surface area (Å²) in [6.45, 7) is 2.05. The minimum absolute atomic E-state index is 0.205. The zero-order valence-electron chi connectivity index (χ0n) is 9.78. The molecule has 0 amide bonds. The van der Waals surface area contributed by atoms with Crippen molar-refractivity contribution in [3.05, 3.63) is 11.0 Å². The first-order valence-corrected chi connectivity index (χ1v) is 6.15. The van der Waals surface area contributed by atoms with Gasteiger partial charge in [-0.05, 0) is 43.7 Å². The van der Waals surface area contributed by atoms with E-state index in [1.165, 1.54) is 0 Å². The maximum atomic E-state index is 9.09. The highest BCUT2D eigenvalue weighted by Crippen LogP contribution is 2.29. The number of aryl methyl sites for hydroxylation is 1. The molecule has 4 N–H and O–H groups in total. The second-order valence-electron chi connectivity index (χ2n) is 4.54. The number of nitrogens with two attached hydrogens (primary N) is 1. The number of hydrogen-bond acceptors (Lipinski definition) is 5. The van der Waals surface area contributed by atoms with Gasteiger partial charge in [0.1, 0.15) is 0 Å². The second-order valence-corrected chi connectivity index (χ2v) is 4.88. The van der Waals surface area contributed by atoms with Gasteiger partial charge in [0, 0.05) is 12.6 Å². The van der Waals surface area contributed by atoms with E-state index >= 15 is 0 Å². The summed E-state index contributed by atoms with van der Waals surface area (Å²) in [6, 6.07) is 0.305. The molecule has 6 heteroatoms. The Morgan fingerprint density at radius 1 is 1.47 bits per heavy atom. The third kappa shape index (κ3) is 2.79. The largest absolute Gasteiger partial charge is 0.396 e. The molecule has 1 heterocycles. The number of nitrogen functional groups attached to an aromatic ring is 1. The fraction of sp³-hybridized carbons (Fsp3) is 0.636. The van der Waals surface area contributed by atoms with E-state index in [1.54, 1.807) is 6.92 Å². The van der Waals surface area contributed by atoms with Crippen LogP contribution in [0, 0.1) is 12.8 Å². The number of aliphatic hydroxyl groups is 1. The van der Waals surface area contributed by atoms with E-state index in [-0.39, 0.29) is 11.9 Å². The quantitative estimate of drug-likeness (QED) is 0.716. The lowest BCUT2D eigenvalue weighted by atomic mass is 10.1. The standard InChI is InChI=1S/C11H17ClN4O/c1-6-9(13)10(16-11(12)14-6)15-8-3-2-7(4-8)5-17/h7-8,17H,2-5,13H2,1H3,(H,14,15,16). The Balaban J connectivity index is 2.09. The highest BCUT2D eigenvalue weighted by Gasteiger charge is 2.25. The lowest BCUT2D eigenvalue weighted by Gasteiger charge is -2.15. The second kappa shape index (κ2) is 5.06. The van der Waals surface area contributed by atoms with Gasteiger partial charge < -0.3 is 16.2 Å². The maximum Gasteiger partial charge on any atom is 0.224 e. The van der Waals surface area contributed by atoms with E-state index in [0.29, 0.717) is 29.2 Å². The normalized spacial score (nSPS) is 23.9. The highest BCUT2D eigenvalue weighted by molar-refractivity contribution is 6.28. The van der Waals surface area contributed by atoms with Crippen LogP contribution in [0.25, 0.3) is 0 Å². The summed E-state index contributed by atoms with van der Waals surface area (Å²) in [6.07, 6.45) is 2.99. The zero-order chi connectivity index (χ0) is 12.4. The number of halogens is 1. The fourth-order valence-electron chi connectivity index (χ4n) is 2.22. The van der Waals surface area contributed by atoms with Gasteiger partial charge in [0.2, 0.25) is 5.28 Å². The van der Waals surface area contributed by atoms with E-state index in [0.717, 1.165) is 19.3 Å². The molecule has 0 bridgehead atoms. The summed E-state index contributed by atoms with van der Waals surface area (Å²) in [5.41, 5.74) is 7.13. The van der Waals surface area contributed by atoms with Gasteiger partial charge in [-0.3, -0.25) is 0 Å². The van der Waals surface area contributed by atoms with Crippen LogP contribution in [-0.2, 0) is 0 Å². The summed E-state index contributed by atoms with van der Waals surface area (Å²) in [5.74, 6) is 0.984. The van der Waals surface area contributed by atoms with Gasteiger partial charge in [-0.2, -0.15) is 4.98 Å². The number of aromatic nitrogens is 2. The van der Waals surface area contributed by atoms with Crippen molar-refractivity contribution < 1.29 is 5.11 Å². The number of nitrogens with zero attached hydrogens (tertiary/aromatic N) is 2. The van der Waals surface area contributed by atoms with Crippen LogP contribution in [0.5, 0.6) is 0 Å². The third-order valence-electron chi connectivity index (χ3n) is 3.25. The molecule has 1 saturated carbocycles. The van der Waals surface area contributed by atoms with E-state index < -0.39 is 0 Å². The van der Waals surface area contributed by atoms with Crippen molar-refractivity contribution >= 4 is 23.1 Å². The Morgan fingerprint density at radius 2 is 2.24 bits per heavy atom. The van der Waals surface area contributed by atoms with Crippen molar-refractivity contribution in [2.45, 2.75) is 32.2 Å². The molecule has 94 valence electrons. The molecule has 0 aromatic carbocycles. The van der Waals surface area contributed by atoms with Crippen LogP contribution in [0.15, 0.2) is 0 Å². The average Bonchev–Trinajstić information content (AvgIpc) is 2.73. The van der Waals surface area contributed by atoms with Gasteiger partial charge in [-0.25, -0.2) is 4.98 Å². The molecular formula is C11H17ClN4O. The number of aliphatic hydroxyl groups excluding tert-OH is 1. The van der Waals surface area contributed by atoms with Crippen molar-refractivity contribution in [1.82, 2.24) is 9.97 Å². The first-order chi connectivity index (χ1) is 8.10. The lowest BCUT2D eigenvalue weighted by molar-refractivity contribution is 0.229. The van der Waals surface area contributed by atoms with Crippen LogP contribution in [-0.4, -0.2) is 27.7 Å². The Morgan fingerprint density at radius 3 is 2.88 bits per heavy atom. The molecule has 1 fully saturated rings. The highest BCUT2D eigenvalue weighted by atomic mass is 35.5. The Labute approximate surface area is 105 Å². The topological polar surface area (TPSA) is 84.1 Å². The first kappa shape index (κ1) is 12.4. The van der Waals surface area contributed by atoms with E-state index in [9.17, 15) is 0 Å². The molecule has 0 radical (unpaired) electrons.